The third kappa shape index (κ3) is 3.06. The topological polar surface area (TPSA) is 110 Å². The smallest absolute Gasteiger partial charge is 0.341 e. The van der Waals surface area contributed by atoms with E-state index in [9.17, 15) is 14.7 Å². The fourth-order valence-electron chi connectivity index (χ4n) is 3.35. The second-order valence-electron chi connectivity index (χ2n) is 6.21. The minimum Gasteiger partial charge on any atom is -0.477 e. The zero-order chi connectivity index (χ0) is 19.0. The number of carboxylic acid groups (broad SMARTS) is 1. The Balaban J connectivity index is 1.92. The van der Waals surface area contributed by atoms with E-state index < -0.39 is 11.4 Å². The molecule has 4 heterocycles. The van der Waals surface area contributed by atoms with Crippen molar-refractivity contribution in [2.75, 3.05) is 25.2 Å². The van der Waals surface area contributed by atoms with Crippen LogP contribution in [0.25, 0.3) is 16.3 Å². The van der Waals surface area contributed by atoms with Gasteiger partial charge < -0.3 is 14.7 Å². The highest BCUT2D eigenvalue weighted by Gasteiger charge is 2.27. The monoisotopic (exact) mass is 387 g/mol. The zero-order valence-electron chi connectivity index (χ0n) is 14.5. The van der Waals surface area contributed by atoms with E-state index in [-0.39, 0.29) is 17.1 Å². The molecule has 1 aliphatic rings. The number of hydrogen-bond donors (Lipinski definition) is 1. The van der Waals surface area contributed by atoms with Crippen molar-refractivity contribution in [1.29, 1.82) is 0 Å². The number of aromatic carboxylic acids is 1. The van der Waals surface area contributed by atoms with Crippen LogP contribution in [0.1, 0.15) is 23.2 Å². The van der Waals surface area contributed by atoms with Crippen molar-refractivity contribution in [1.82, 2.24) is 19.5 Å². The van der Waals surface area contributed by atoms with Crippen LogP contribution in [0.5, 0.6) is 0 Å². The molecule has 3 aromatic heterocycles. The van der Waals surface area contributed by atoms with Gasteiger partial charge in [0.2, 0.25) is 5.43 Å². The van der Waals surface area contributed by atoms with Gasteiger partial charge in [0.25, 0.3) is 0 Å². The first-order valence-corrected chi connectivity index (χ1v) is 9.29. The van der Waals surface area contributed by atoms with Gasteiger partial charge in [-0.2, -0.15) is 0 Å². The molecular formula is C17H17N5O4S. The molecule has 0 aromatic carbocycles. The summed E-state index contributed by atoms with van der Waals surface area (Å²) in [5.41, 5.74) is -0.714. The average molecular weight is 387 g/mol. The van der Waals surface area contributed by atoms with Gasteiger partial charge in [0.15, 0.2) is 16.3 Å². The number of ether oxygens (including phenoxy) is 1. The van der Waals surface area contributed by atoms with Crippen LogP contribution >= 0.6 is 11.3 Å². The van der Waals surface area contributed by atoms with Gasteiger partial charge in [-0.3, -0.25) is 9.36 Å². The number of methoxy groups -OCH3 is 1. The van der Waals surface area contributed by atoms with E-state index in [1.165, 1.54) is 28.3 Å². The second-order valence-corrected chi connectivity index (χ2v) is 7.08. The summed E-state index contributed by atoms with van der Waals surface area (Å²) in [5.74, 6) is -0.674. The predicted octanol–water partition coefficient (Wildman–Crippen LogP) is 1.55. The van der Waals surface area contributed by atoms with Crippen molar-refractivity contribution in [2.45, 2.75) is 18.9 Å². The molecule has 0 radical (unpaired) electrons. The quantitative estimate of drug-likeness (QED) is 0.702. The summed E-state index contributed by atoms with van der Waals surface area (Å²) in [6.07, 6.45) is 6.41. The lowest BCUT2D eigenvalue weighted by molar-refractivity contribution is 0.0695. The first-order valence-electron chi connectivity index (χ1n) is 8.41. The van der Waals surface area contributed by atoms with Gasteiger partial charge in [-0.15, -0.1) is 11.3 Å². The number of rotatable bonds is 5. The molecule has 1 atom stereocenters. The molecule has 3 aromatic rings. The van der Waals surface area contributed by atoms with E-state index in [4.69, 9.17) is 4.74 Å². The molecule has 4 rings (SSSR count). The molecule has 1 aliphatic heterocycles. The number of anilines is 1. The predicted molar refractivity (Wildman–Crippen MR) is 100 cm³/mol. The molecule has 9 nitrogen and oxygen atoms in total. The molecule has 0 aliphatic carbocycles. The van der Waals surface area contributed by atoms with Gasteiger partial charge >= 0.3 is 5.97 Å². The number of fused-ring (bicyclic) bond motifs is 1. The summed E-state index contributed by atoms with van der Waals surface area (Å²) in [6.45, 7) is 1.40. The van der Waals surface area contributed by atoms with E-state index in [1.807, 2.05) is 0 Å². The molecule has 0 amide bonds. The second kappa shape index (κ2) is 7.05. The van der Waals surface area contributed by atoms with Gasteiger partial charge in [0.1, 0.15) is 11.4 Å². The Kier molecular flexibility index (Phi) is 4.58. The molecule has 0 spiro atoms. The minimum atomic E-state index is -1.31. The standard InChI is InChI=1S/C17H17N5O4S/c1-26-9-10-3-2-5-21(10)12-7-19-13-14(23)11(16(24)25)8-22(15(13)20-12)17-18-4-6-27-17/h4,6-8,10H,2-3,5,9H2,1H3,(H,24,25)/t10-/m1/s1. The fourth-order valence-corrected chi connectivity index (χ4v) is 3.97. The van der Waals surface area contributed by atoms with Gasteiger partial charge in [-0.25, -0.2) is 19.7 Å². The van der Waals surface area contributed by atoms with Crippen LogP contribution in [-0.4, -0.2) is 56.9 Å². The summed E-state index contributed by atoms with van der Waals surface area (Å²) in [6, 6.07) is 0.195. The van der Waals surface area contributed by atoms with Crippen LogP contribution in [0.15, 0.2) is 28.8 Å². The number of nitrogens with zero attached hydrogens (tertiary/aromatic N) is 5. The van der Waals surface area contributed by atoms with Gasteiger partial charge in [-0.05, 0) is 12.8 Å². The van der Waals surface area contributed by atoms with Crippen LogP contribution in [0, 0.1) is 0 Å². The molecule has 140 valence electrons. The van der Waals surface area contributed by atoms with Crippen LogP contribution < -0.4 is 10.3 Å². The van der Waals surface area contributed by atoms with E-state index in [2.05, 4.69) is 19.9 Å². The Bertz CT molecular complexity index is 1050. The highest BCUT2D eigenvalue weighted by molar-refractivity contribution is 7.12. The first kappa shape index (κ1) is 17.6. The van der Waals surface area contributed by atoms with Crippen LogP contribution in [0.3, 0.4) is 0 Å². The third-order valence-electron chi connectivity index (χ3n) is 4.57. The fraction of sp³-hybridized carbons (Fsp3) is 0.353. The number of pyridine rings is 1. The number of thiazole rings is 1. The van der Waals surface area contributed by atoms with Gasteiger partial charge in [0.05, 0.1) is 18.8 Å². The highest BCUT2D eigenvalue weighted by atomic mass is 32.1. The maximum atomic E-state index is 12.5. The van der Waals surface area contributed by atoms with E-state index in [0.29, 0.717) is 23.2 Å². The van der Waals surface area contributed by atoms with Crippen LogP contribution in [0.4, 0.5) is 5.82 Å². The Morgan fingerprint density at radius 3 is 3.00 bits per heavy atom. The number of carboxylic acids is 1. The van der Waals surface area contributed by atoms with Crippen molar-refractivity contribution in [2.24, 2.45) is 0 Å². The van der Waals surface area contributed by atoms with Gasteiger partial charge in [-0.1, -0.05) is 0 Å². The Morgan fingerprint density at radius 2 is 2.30 bits per heavy atom. The van der Waals surface area contributed by atoms with Crippen molar-refractivity contribution in [3.8, 4) is 5.13 Å². The van der Waals surface area contributed by atoms with Crippen LogP contribution in [-0.2, 0) is 4.74 Å². The summed E-state index contributed by atoms with van der Waals surface area (Å²) in [5, 5.41) is 11.7. The largest absolute Gasteiger partial charge is 0.477 e. The van der Waals surface area contributed by atoms with Gasteiger partial charge in [0, 0.05) is 31.4 Å². The van der Waals surface area contributed by atoms with Crippen molar-refractivity contribution < 1.29 is 14.6 Å². The summed E-state index contributed by atoms with van der Waals surface area (Å²) < 4.78 is 6.81. The SMILES string of the molecule is COC[C@H]1CCCN1c1cnc2c(=O)c(C(=O)O)cn(-c3nccs3)c2n1. The summed E-state index contributed by atoms with van der Waals surface area (Å²) in [4.78, 5) is 39.3. The molecule has 0 saturated carbocycles. The molecule has 10 heteroatoms. The number of hydrogen-bond acceptors (Lipinski definition) is 8. The van der Waals surface area contributed by atoms with Crippen molar-refractivity contribution >= 4 is 34.3 Å². The number of carbonyl (C=O) groups is 1. The summed E-state index contributed by atoms with van der Waals surface area (Å²) >= 11 is 1.32. The maximum absolute atomic E-state index is 12.5. The van der Waals surface area contributed by atoms with Crippen molar-refractivity contribution in [3.63, 3.8) is 0 Å². The first-order chi connectivity index (χ1) is 13.1. The molecular weight excluding hydrogens is 370 g/mol. The molecule has 0 bridgehead atoms. The third-order valence-corrected chi connectivity index (χ3v) is 5.34. The molecule has 1 saturated heterocycles. The lowest BCUT2D eigenvalue weighted by Gasteiger charge is -2.25. The Labute approximate surface area is 157 Å². The molecule has 27 heavy (non-hydrogen) atoms. The summed E-state index contributed by atoms with van der Waals surface area (Å²) in [7, 11) is 1.66. The lowest BCUT2D eigenvalue weighted by Crippen LogP contribution is -2.33. The minimum absolute atomic E-state index is 0.0105. The van der Waals surface area contributed by atoms with E-state index in [0.717, 1.165) is 19.4 Å². The number of aromatic nitrogens is 4. The molecule has 1 fully saturated rings. The average Bonchev–Trinajstić information content (AvgIpc) is 3.34. The van der Waals surface area contributed by atoms with Crippen molar-refractivity contribution in [3.05, 3.63) is 39.8 Å². The van der Waals surface area contributed by atoms with E-state index >= 15 is 0 Å². The highest BCUT2D eigenvalue weighted by Crippen LogP contribution is 2.25. The Hall–Kier alpha value is -2.85. The lowest BCUT2D eigenvalue weighted by atomic mass is 10.2. The molecule has 0 unspecified atom stereocenters. The maximum Gasteiger partial charge on any atom is 0.341 e. The van der Waals surface area contributed by atoms with Crippen LogP contribution in [0.2, 0.25) is 0 Å². The molecule has 1 N–H and O–H groups in total. The Morgan fingerprint density at radius 1 is 1.44 bits per heavy atom. The zero-order valence-corrected chi connectivity index (χ0v) is 15.3. The normalized spacial score (nSPS) is 16.9. The van der Waals surface area contributed by atoms with E-state index in [1.54, 1.807) is 18.7 Å².